The van der Waals surface area contributed by atoms with Gasteiger partial charge in [0.25, 0.3) is 5.78 Å². The summed E-state index contributed by atoms with van der Waals surface area (Å²) in [6, 6.07) is 5.16. The Morgan fingerprint density at radius 2 is 1.85 bits per heavy atom. The maximum atomic E-state index is 12.9. The van der Waals surface area contributed by atoms with E-state index in [0.717, 1.165) is 6.07 Å². The first-order valence-electron chi connectivity index (χ1n) is 8.01. The van der Waals surface area contributed by atoms with Crippen molar-refractivity contribution in [3.63, 3.8) is 0 Å². The van der Waals surface area contributed by atoms with Crippen molar-refractivity contribution < 1.29 is 37.3 Å². The van der Waals surface area contributed by atoms with Crippen LogP contribution in [0.2, 0.25) is 0 Å². The summed E-state index contributed by atoms with van der Waals surface area (Å²) in [7, 11) is 0. The number of Topliss-reactive ketones (excluding diaryl/α,β-unsaturated/α-hetero) is 1. The van der Waals surface area contributed by atoms with Gasteiger partial charge < -0.3 is 19.1 Å². The van der Waals surface area contributed by atoms with Crippen molar-refractivity contribution in [2.75, 3.05) is 6.79 Å². The van der Waals surface area contributed by atoms with E-state index < -0.39 is 29.5 Å². The summed E-state index contributed by atoms with van der Waals surface area (Å²) in [5.74, 6) is -2.16. The number of rotatable bonds is 5. The lowest BCUT2D eigenvalue weighted by molar-refractivity contribution is -0.137. The lowest BCUT2D eigenvalue weighted by atomic mass is 10.0. The molecule has 2 heterocycles. The molecular weight excluding hydrogens is 367 g/mol. The predicted molar refractivity (Wildman–Crippen MR) is 87.2 cm³/mol. The molecule has 0 unspecified atom stereocenters. The topological polar surface area (TPSA) is 77.8 Å². The lowest BCUT2D eigenvalue weighted by Crippen LogP contribution is -2.24. The Morgan fingerprint density at radius 3 is 2.48 bits per heavy atom. The second-order valence-corrected chi connectivity index (χ2v) is 6.21. The first-order valence-corrected chi connectivity index (χ1v) is 8.01. The number of carboxylic acids is 1. The lowest BCUT2D eigenvalue weighted by Gasteiger charge is -2.22. The van der Waals surface area contributed by atoms with Crippen LogP contribution in [0.4, 0.5) is 13.2 Å². The van der Waals surface area contributed by atoms with Crippen molar-refractivity contribution in [1.82, 2.24) is 4.57 Å². The number of halogens is 3. The number of nitrogens with zero attached hydrogens (tertiary/aromatic N) is 1. The fourth-order valence-corrected chi connectivity index (χ4v) is 3.28. The van der Waals surface area contributed by atoms with Crippen LogP contribution in [0.5, 0.6) is 11.5 Å². The SMILES string of the molecule is Cc1cc(C(=O)C(F)(F)F)c(C)n1[C@@H](CC(=O)O)c1ccc2c(c1)OCO2. The second-order valence-electron chi connectivity index (χ2n) is 6.21. The molecular formula is C18H16F3NO5. The number of fused-ring (bicyclic) bond motifs is 1. The van der Waals surface area contributed by atoms with Crippen LogP contribution in [0.15, 0.2) is 24.3 Å². The fourth-order valence-electron chi connectivity index (χ4n) is 3.28. The highest BCUT2D eigenvalue weighted by atomic mass is 19.4. The van der Waals surface area contributed by atoms with Crippen LogP contribution in [0.3, 0.4) is 0 Å². The number of carbonyl (C=O) groups excluding carboxylic acids is 1. The summed E-state index contributed by atoms with van der Waals surface area (Å²) in [5.41, 5.74) is 0.438. The Kier molecular flexibility index (Phi) is 4.63. The summed E-state index contributed by atoms with van der Waals surface area (Å²) in [6.07, 6.45) is -5.39. The number of carbonyl (C=O) groups is 2. The molecule has 6 nitrogen and oxygen atoms in total. The predicted octanol–water partition coefficient (Wildman–Crippen LogP) is 3.64. The molecule has 0 aliphatic carbocycles. The van der Waals surface area contributed by atoms with E-state index in [9.17, 15) is 27.9 Å². The van der Waals surface area contributed by atoms with E-state index in [1.807, 2.05) is 0 Å². The smallest absolute Gasteiger partial charge is 0.454 e. The Bertz CT molecular complexity index is 916. The standard InChI is InChI=1S/C18H16F3NO5/c1-9-5-12(17(25)18(19,20)21)10(2)22(9)13(7-16(23)24)11-3-4-14-15(6-11)27-8-26-14/h3-6,13H,7-8H2,1-2H3,(H,23,24)/t13-/m0/s1. The van der Waals surface area contributed by atoms with E-state index in [1.54, 1.807) is 18.2 Å². The summed E-state index contributed by atoms with van der Waals surface area (Å²) in [4.78, 5) is 23.1. The van der Waals surface area contributed by atoms with Crippen LogP contribution in [-0.4, -0.2) is 34.4 Å². The van der Waals surface area contributed by atoms with Gasteiger partial charge in [-0.3, -0.25) is 9.59 Å². The molecule has 0 saturated heterocycles. The van der Waals surface area contributed by atoms with Gasteiger partial charge in [-0.25, -0.2) is 0 Å². The van der Waals surface area contributed by atoms with Crippen LogP contribution in [0.25, 0.3) is 0 Å². The van der Waals surface area contributed by atoms with Gasteiger partial charge in [0.15, 0.2) is 11.5 Å². The molecule has 9 heteroatoms. The van der Waals surface area contributed by atoms with E-state index in [-0.39, 0.29) is 18.9 Å². The molecule has 0 radical (unpaired) electrons. The molecule has 1 aromatic carbocycles. The number of ketones is 1. The van der Waals surface area contributed by atoms with Crippen molar-refractivity contribution in [1.29, 1.82) is 0 Å². The van der Waals surface area contributed by atoms with E-state index >= 15 is 0 Å². The minimum Gasteiger partial charge on any atom is -0.481 e. The number of benzene rings is 1. The maximum Gasteiger partial charge on any atom is 0.454 e. The molecule has 2 aromatic rings. The summed E-state index contributed by atoms with van der Waals surface area (Å²) in [5, 5.41) is 9.31. The van der Waals surface area contributed by atoms with Crippen LogP contribution in [0.1, 0.15) is 39.8 Å². The van der Waals surface area contributed by atoms with Gasteiger partial charge in [-0.2, -0.15) is 13.2 Å². The average Bonchev–Trinajstić information content (AvgIpc) is 3.15. The monoisotopic (exact) mass is 383 g/mol. The summed E-state index contributed by atoms with van der Waals surface area (Å²) < 4.78 is 50.5. The van der Waals surface area contributed by atoms with Gasteiger partial charge in [0.1, 0.15) is 0 Å². The van der Waals surface area contributed by atoms with E-state index in [4.69, 9.17) is 9.47 Å². The number of aromatic nitrogens is 1. The van der Waals surface area contributed by atoms with Crippen molar-refractivity contribution in [3.8, 4) is 11.5 Å². The number of aryl methyl sites for hydroxylation is 1. The third-order valence-electron chi connectivity index (χ3n) is 4.45. The first-order chi connectivity index (χ1) is 12.6. The molecule has 27 heavy (non-hydrogen) atoms. The number of carboxylic acid groups (broad SMARTS) is 1. The quantitative estimate of drug-likeness (QED) is 0.798. The zero-order valence-electron chi connectivity index (χ0n) is 14.5. The Hall–Kier alpha value is -2.97. The summed E-state index contributed by atoms with van der Waals surface area (Å²) >= 11 is 0. The Labute approximate surface area is 152 Å². The Morgan fingerprint density at radius 1 is 1.19 bits per heavy atom. The van der Waals surface area contributed by atoms with Gasteiger partial charge in [0, 0.05) is 17.0 Å². The molecule has 0 fully saturated rings. The Balaban J connectivity index is 2.10. The molecule has 1 aliphatic rings. The van der Waals surface area contributed by atoms with Crippen molar-refractivity contribution in [2.24, 2.45) is 0 Å². The van der Waals surface area contributed by atoms with Crippen molar-refractivity contribution in [3.05, 3.63) is 46.8 Å². The third kappa shape index (κ3) is 3.49. The average molecular weight is 383 g/mol. The first kappa shape index (κ1) is 18.8. The van der Waals surface area contributed by atoms with Gasteiger partial charge in [0.05, 0.1) is 12.5 Å². The normalized spacial score (nSPS) is 14.3. The van der Waals surface area contributed by atoms with Gasteiger partial charge in [-0.1, -0.05) is 6.07 Å². The van der Waals surface area contributed by atoms with Crippen molar-refractivity contribution >= 4 is 11.8 Å². The van der Waals surface area contributed by atoms with Gasteiger partial charge in [-0.05, 0) is 37.6 Å². The molecule has 144 valence electrons. The van der Waals surface area contributed by atoms with E-state index in [0.29, 0.717) is 22.8 Å². The van der Waals surface area contributed by atoms with Gasteiger partial charge in [-0.15, -0.1) is 0 Å². The second kappa shape index (κ2) is 6.64. The van der Waals surface area contributed by atoms with Gasteiger partial charge >= 0.3 is 12.1 Å². The molecule has 0 saturated carbocycles. The summed E-state index contributed by atoms with van der Waals surface area (Å²) in [6.45, 7) is 2.93. The molecule has 3 rings (SSSR count). The van der Waals surface area contributed by atoms with E-state index in [1.165, 1.54) is 18.4 Å². The number of ether oxygens (including phenoxy) is 2. The minimum absolute atomic E-state index is 0.0359. The minimum atomic E-state index is -5.01. The molecule has 1 atom stereocenters. The number of aliphatic carboxylic acids is 1. The molecule has 1 aliphatic heterocycles. The number of hydrogen-bond donors (Lipinski definition) is 1. The largest absolute Gasteiger partial charge is 0.481 e. The zero-order valence-corrected chi connectivity index (χ0v) is 14.5. The van der Waals surface area contributed by atoms with Crippen LogP contribution >= 0.6 is 0 Å². The molecule has 0 amide bonds. The van der Waals surface area contributed by atoms with Gasteiger partial charge in [0.2, 0.25) is 6.79 Å². The van der Waals surface area contributed by atoms with Crippen LogP contribution in [0, 0.1) is 13.8 Å². The molecule has 0 spiro atoms. The van der Waals surface area contributed by atoms with E-state index in [2.05, 4.69) is 0 Å². The third-order valence-corrected chi connectivity index (χ3v) is 4.45. The van der Waals surface area contributed by atoms with Crippen LogP contribution < -0.4 is 9.47 Å². The maximum absolute atomic E-state index is 12.9. The highest BCUT2D eigenvalue weighted by Gasteiger charge is 2.41. The van der Waals surface area contributed by atoms with Crippen molar-refractivity contribution in [2.45, 2.75) is 32.5 Å². The highest BCUT2D eigenvalue weighted by Crippen LogP contribution is 2.37. The van der Waals surface area contributed by atoms with Crippen LogP contribution in [-0.2, 0) is 4.79 Å². The number of alkyl halides is 3. The number of hydrogen-bond acceptors (Lipinski definition) is 4. The molecule has 1 N–H and O–H groups in total. The molecule has 1 aromatic heterocycles. The highest BCUT2D eigenvalue weighted by molar-refractivity contribution is 6.01. The zero-order chi connectivity index (χ0) is 19.9. The molecule has 0 bridgehead atoms. The fraction of sp³-hybridized carbons (Fsp3) is 0.333.